The topological polar surface area (TPSA) is 236 Å². The van der Waals surface area contributed by atoms with Gasteiger partial charge in [-0.05, 0) is 6.92 Å². The fourth-order valence-electron chi connectivity index (χ4n) is 2.77. The molecule has 0 aliphatic rings. The molecular weight excluding hydrogens is 537 g/mol. The molecule has 0 saturated heterocycles. The molecule has 2 unspecified atom stereocenters. The predicted molar refractivity (Wildman–Crippen MR) is 119 cm³/mol. The van der Waals surface area contributed by atoms with Gasteiger partial charge in [-0.1, -0.05) is 11.3 Å². The lowest BCUT2D eigenvalue weighted by Crippen LogP contribution is -2.35. The van der Waals surface area contributed by atoms with Crippen molar-refractivity contribution in [1.29, 1.82) is 0 Å². The maximum atomic E-state index is 11.7. The SMILES string of the molecule is Cc1ncc(C[n+]2csc(CCOCC(CP(=O)(O)O)OP(=O)(O)OP(=O)(O)O)c2C)c(N)n1. The van der Waals surface area contributed by atoms with Gasteiger partial charge in [0, 0.05) is 19.5 Å². The first kappa shape index (κ1) is 29.1. The molecule has 2 rings (SSSR count). The van der Waals surface area contributed by atoms with Crippen molar-refractivity contribution >= 4 is 40.4 Å². The van der Waals surface area contributed by atoms with Gasteiger partial charge >= 0.3 is 23.2 Å². The summed E-state index contributed by atoms with van der Waals surface area (Å²) in [7, 11) is -15.4. The molecule has 0 radical (unpaired) electrons. The molecule has 34 heavy (non-hydrogen) atoms. The zero-order valence-electron chi connectivity index (χ0n) is 18.1. The minimum atomic E-state index is -5.39. The van der Waals surface area contributed by atoms with Gasteiger partial charge in [-0.15, -0.1) is 0 Å². The zero-order valence-corrected chi connectivity index (χ0v) is 21.6. The van der Waals surface area contributed by atoms with E-state index in [1.54, 1.807) is 13.1 Å². The van der Waals surface area contributed by atoms with Crippen LogP contribution in [-0.2, 0) is 40.2 Å². The van der Waals surface area contributed by atoms with E-state index < -0.39 is 42.1 Å². The molecular formula is C15H26N4O11P3S+. The van der Waals surface area contributed by atoms with E-state index in [1.165, 1.54) is 11.3 Å². The first-order valence-electron chi connectivity index (χ1n) is 9.49. The molecule has 2 aromatic rings. The average Bonchev–Trinajstić information content (AvgIpc) is 2.97. The zero-order chi connectivity index (χ0) is 25.7. The lowest BCUT2D eigenvalue weighted by Gasteiger charge is -2.21. The van der Waals surface area contributed by atoms with E-state index in [2.05, 4.69) is 18.8 Å². The van der Waals surface area contributed by atoms with Crippen LogP contribution in [0.5, 0.6) is 0 Å². The Hall–Kier alpha value is -1.12. The molecule has 0 aliphatic heterocycles. The molecule has 0 fully saturated rings. The number of aryl methyl sites for hydroxylation is 1. The Morgan fingerprint density at radius 3 is 2.44 bits per heavy atom. The summed E-state index contributed by atoms with van der Waals surface area (Å²) in [4.78, 5) is 54.3. The second-order valence-corrected chi connectivity index (χ2v) is 12.5. The van der Waals surface area contributed by atoms with Crippen molar-refractivity contribution in [1.82, 2.24) is 9.97 Å². The molecule has 2 aromatic heterocycles. The normalized spacial score (nSPS) is 15.3. The molecule has 2 atom stereocenters. The summed E-state index contributed by atoms with van der Waals surface area (Å²) in [6, 6.07) is 0. The lowest BCUT2D eigenvalue weighted by atomic mass is 10.2. The van der Waals surface area contributed by atoms with E-state index in [4.69, 9.17) is 30.0 Å². The van der Waals surface area contributed by atoms with Crippen LogP contribution in [0.15, 0.2) is 11.7 Å². The van der Waals surface area contributed by atoms with Gasteiger partial charge in [0.05, 0.1) is 29.8 Å². The first-order valence-corrected chi connectivity index (χ1v) is 15.2. The van der Waals surface area contributed by atoms with Gasteiger partial charge in [0.1, 0.15) is 17.7 Å². The average molecular weight is 563 g/mol. The van der Waals surface area contributed by atoms with Gasteiger partial charge < -0.3 is 34.9 Å². The Morgan fingerprint density at radius 2 is 1.85 bits per heavy atom. The van der Waals surface area contributed by atoms with E-state index in [1.807, 2.05) is 17.0 Å². The maximum absolute atomic E-state index is 11.7. The Balaban J connectivity index is 1.95. The molecule has 0 aliphatic carbocycles. The molecule has 0 bridgehead atoms. The van der Waals surface area contributed by atoms with Crippen LogP contribution in [0.25, 0.3) is 0 Å². The highest BCUT2D eigenvalue weighted by atomic mass is 32.1. The summed E-state index contributed by atoms with van der Waals surface area (Å²) in [6.07, 6.45) is -0.633. The Bertz CT molecular complexity index is 1130. The fourth-order valence-corrected chi connectivity index (χ4v) is 6.31. The van der Waals surface area contributed by atoms with E-state index in [0.29, 0.717) is 24.6 Å². The summed E-state index contributed by atoms with van der Waals surface area (Å²) < 4.78 is 49.2. The smallest absolute Gasteiger partial charge is 0.383 e. The van der Waals surface area contributed by atoms with Gasteiger partial charge in [0.25, 0.3) is 0 Å². The summed E-state index contributed by atoms with van der Waals surface area (Å²) in [6.45, 7) is 3.60. The van der Waals surface area contributed by atoms with Gasteiger partial charge in [0.2, 0.25) is 5.51 Å². The van der Waals surface area contributed by atoms with Gasteiger partial charge in [-0.3, -0.25) is 9.09 Å². The maximum Gasteiger partial charge on any atom is 0.481 e. The van der Waals surface area contributed by atoms with E-state index in [-0.39, 0.29) is 6.61 Å². The van der Waals surface area contributed by atoms with E-state index in [9.17, 15) is 18.6 Å². The number of rotatable bonds is 13. The Morgan fingerprint density at radius 1 is 1.18 bits per heavy atom. The number of aromatic nitrogens is 3. The number of anilines is 1. The molecule has 0 aromatic carbocycles. The molecule has 2 heterocycles. The van der Waals surface area contributed by atoms with Crippen molar-refractivity contribution in [2.24, 2.45) is 0 Å². The van der Waals surface area contributed by atoms with Crippen molar-refractivity contribution in [2.75, 3.05) is 25.1 Å². The third kappa shape index (κ3) is 10.2. The number of nitrogen functional groups attached to an aromatic ring is 1. The number of nitrogens with zero attached hydrogens (tertiary/aromatic N) is 3. The number of hydrogen-bond donors (Lipinski definition) is 6. The number of thiazole rings is 1. The predicted octanol–water partition coefficient (Wildman–Crippen LogP) is 0.405. The highest BCUT2D eigenvalue weighted by Gasteiger charge is 2.37. The molecule has 7 N–H and O–H groups in total. The number of nitrogens with two attached hydrogens (primary N) is 1. The third-order valence-electron chi connectivity index (χ3n) is 4.23. The second-order valence-electron chi connectivity index (χ2n) is 7.13. The molecule has 0 saturated carbocycles. The standard InChI is InChI=1S/C15H25N4O11P3S/c1-10-14(34-9-19(10)6-12-5-17-11(2)18-15(12)16)3-4-28-7-13(8-31(20,21)22)29-33(26,27)30-32(23,24)25/h5,9,13H,3-4,6-8H2,1-2H3,(H6-,16,17,18,20,21,22,23,24,25,26,27)/p+1. The van der Waals surface area contributed by atoms with Crippen molar-refractivity contribution in [3.05, 3.63) is 33.7 Å². The molecule has 0 amide bonds. The highest BCUT2D eigenvalue weighted by Crippen LogP contribution is 2.58. The van der Waals surface area contributed by atoms with Crippen LogP contribution in [0.2, 0.25) is 0 Å². The molecule has 15 nitrogen and oxygen atoms in total. The Labute approximate surface area is 198 Å². The van der Waals surface area contributed by atoms with Crippen LogP contribution in [0.4, 0.5) is 5.82 Å². The van der Waals surface area contributed by atoms with Gasteiger partial charge in [0.15, 0.2) is 12.2 Å². The van der Waals surface area contributed by atoms with Gasteiger partial charge in [-0.25, -0.2) is 19.1 Å². The second kappa shape index (κ2) is 11.7. The summed E-state index contributed by atoms with van der Waals surface area (Å²) in [5.74, 6) is 0.952. The quantitative estimate of drug-likeness (QED) is 0.110. The van der Waals surface area contributed by atoms with Crippen molar-refractivity contribution in [3.63, 3.8) is 0 Å². The number of phosphoric ester groups is 1. The van der Waals surface area contributed by atoms with E-state index in [0.717, 1.165) is 16.1 Å². The van der Waals surface area contributed by atoms with Crippen LogP contribution >= 0.6 is 34.6 Å². The monoisotopic (exact) mass is 563 g/mol. The third-order valence-corrected chi connectivity index (χ3v) is 8.49. The summed E-state index contributed by atoms with van der Waals surface area (Å²) >= 11 is 1.44. The van der Waals surface area contributed by atoms with E-state index >= 15 is 0 Å². The highest BCUT2D eigenvalue weighted by molar-refractivity contribution is 7.60. The number of hydrogen-bond acceptors (Lipinski definition) is 10. The van der Waals surface area contributed by atoms with Crippen LogP contribution in [0.1, 0.15) is 22.0 Å². The Kier molecular flexibility index (Phi) is 10.1. The lowest BCUT2D eigenvalue weighted by molar-refractivity contribution is -0.689. The largest absolute Gasteiger partial charge is 0.481 e. The minimum absolute atomic E-state index is 0.0627. The van der Waals surface area contributed by atoms with Crippen molar-refractivity contribution in [3.8, 4) is 0 Å². The summed E-state index contributed by atoms with van der Waals surface area (Å²) in [5, 5.41) is 0. The molecule has 19 heteroatoms. The first-order chi connectivity index (χ1) is 15.5. The van der Waals surface area contributed by atoms with Crippen LogP contribution in [0.3, 0.4) is 0 Å². The van der Waals surface area contributed by atoms with Crippen LogP contribution in [0, 0.1) is 13.8 Å². The van der Waals surface area contributed by atoms with Crippen molar-refractivity contribution < 1.29 is 56.3 Å². The number of phosphoric acid groups is 2. The van der Waals surface area contributed by atoms with Crippen LogP contribution in [-0.4, -0.2) is 59.9 Å². The molecule has 0 spiro atoms. The van der Waals surface area contributed by atoms with Crippen molar-refractivity contribution in [2.45, 2.75) is 32.9 Å². The molecule has 192 valence electrons. The number of ether oxygens (including phenoxy) is 1. The van der Waals surface area contributed by atoms with Gasteiger partial charge in [-0.2, -0.15) is 8.88 Å². The summed E-state index contributed by atoms with van der Waals surface area (Å²) in [5.41, 5.74) is 9.49. The van der Waals surface area contributed by atoms with Crippen LogP contribution < -0.4 is 10.3 Å². The fraction of sp³-hybridized carbons (Fsp3) is 0.533. The minimum Gasteiger partial charge on any atom is -0.383 e.